The third-order valence-electron chi connectivity index (χ3n) is 7.22. The van der Waals surface area contributed by atoms with Gasteiger partial charge in [-0.15, -0.1) is 0 Å². The number of hydrogen-bond acceptors (Lipinski definition) is 4. The second kappa shape index (κ2) is 7.43. The molecule has 2 N–H and O–H groups in total. The minimum atomic E-state index is -0.741. The molecular formula is C24H26N2O4. The van der Waals surface area contributed by atoms with E-state index in [-0.39, 0.29) is 23.3 Å². The Morgan fingerprint density at radius 2 is 1.63 bits per heavy atom. The van der Waals surface area contributed by atoms with Gasteiger partial charge in [-0.3, -0.25) is 4.79 Å². The molecule has 2 aromatic carbocycles. The number of nitrogens with zero attached hydrogens (tertiary/aromatic N) is 1. The Hall–Kier alpha value is -2.86. The fourth-order valence-corrected chi connectivity index (χ4v) is 5.50. The maximum absolute atomic E-state index is 12.8. The van der Waals surface area contributed by atoms with Crippen LogP contribution in [0.2, 0.25) is 0 Å². The van der Waals surface area contributed by atoms with Gasteiger partial charge in [0.25, 0.3) is 0 Å². The molecule has 0 bridgehead atoms. The average Bonchev–Trinajstić information content (AvgIpc) is 3.32. The minimum Gasteiger partial charge on any atom is -0.481 e. The van der Waals surface area contributed by atoms with Gasteiger partial charge in [0.2, 0.25) is 0 Å². The van der Waals surface area contributed by atoms with E-state index < -0.39 is 5.97 Å². The third kappa shape index (κ3) is 3.06. The van der Waals surface area contributed by atoms with Crippen LogP contribution in [0.1, 0.15) is 29.9 Å². The Labute approximate surface area is 175 Å². The van der Waals surface area contributed by atoms with E-state index in [9.17, 15) is 14.7 Å². The molecule has 2 aliphatic heterocycles. The molecule has 1 unspecified atom stereocenters. The maximum Gasteiger partial charge on any atom is 0.409 e. The van der Waals surface area contributed by atoms with Gasteiger partial charge in [-0.25, -0.2) is 4.79 Å². The highest BCUT2D eigenvalue weighted by molar-refractivity contribution is 5.79. The lowest BCUT2D eigenvalue weighted by Gasteiger charge is -2.40. The van der Waals surface area contributed by atoms with E-state index >= 15 is 0 Å². The van der Waals surface area contributed by atoms with Gasteiger partial charge < -0.3 is 20.1 Å². The van der Waals surface area contributed by atoms with E-state index in [1.165, 1.54) is 22.3 Å². The lowest BCUT2D eigenvalue weighted by Crippen LogP contribution is -2.48. The number of hydrogen-bond donors (Lipinski definition) is 2. The van der Waals surface area contributed by atoms with Crippen molar-refractivity contribution in [2.24, 2.45) is 11.3 Å². The molecule has 0 saturated carbocycles. The quantitative estimate of drug-likeness (QED) is 0.818. The molecule has 0 aromatic heterocycles. The first-order valence-corrected chi connectivity index (χ1v) is 10.6. The summed E-state index contributed by atoms with van der Waals surface area (Å²) >= 11 is 0. The summed E-state index contributed by atoms with van der Waals surface area (Å²) in [5.74, 6) is -1.07. The zero-order valence-corrected chi connectivity index (χ0v) is 16.8. The van der Waals surface area contributed by atoms with Crippen LogP contribution in [0.15, 0.2) is 48.5 Å². The van der Waals surface area contributed by atoms with Crippen LogP contribution in [-0.2, 0) is 9.53 Å². The van der Waals surface area contributed by atoms with Gasteiger partial charge >= 0.3 is 12.1 Å². The molecule has 156 valence electrons. The molecule has 1 spiro atoms. The summed E-state index contributed by atoms with van der Waals surface area (Å²) in [6, 6.07) is 16.6. The summed E-state index contributed by atoms with van der Waals surface area (Å²) in [5, 5.41) is 12.8. The van der Waals surface area contributed by atoms with Gasteiger partial charge in [-0.05, 0) is 35.1 Å². The number of nitrogens with one attached hydrogen (secondary N) is 1. The van der Waals surface area contributed by atoms with Crippen LogP contribution in [-0.4, -0.2) is 54.9 Å². The number of amides is 1. The van der Waals surface area contributed by atoms with E-state index in [2.05, 4.69) is 29.6 Å². The summed E-state index contributed by atoms with van der Waals surface area (Å²) in [7, 11) is 0. The van der Waals surface area contributed by atoms with Crippen molar-refractivity contribution in [2.45, 2.75) is 18.8 Å². The highest BCUT2D eigenvalue weighted by atomic mass is 16.6. The number of piperidine rings is 1. The fourth-order valence-electron chi connectivity index (χ4n) is 5.50. The van der Waals surface area contributed by atoms with E-state index in [1.807, 2.05) is 24.3 Å². The molecule has 6 heteroatoms. The van der Waals surface area contributed by atoms with E-state index in [0.29, 0.717) is 45.6 Å². The summed E-state index contributed by atoms with van der Waals surface area (Å²) < 4.78 is 5.76. The van der Waals surface area contributed by atoms with Crippen LogP contribution < -0.4 is 5.32 Å². The van der Waals surface area contributed by atoms with Crippen molar-refractivity contribution in [2.75, 3.05) is 32.8 Å². The average molecular weight is 406 g/mol. The highest BCUT2D eigenvalue weighted by Crippen LogP contribution is 2.45. The molecule has 5 rings (SSSR count). The maximum atomic E-state index is 12.8. The summed E-state index contributed by atoms with van der Waals surface area (Å²) in [5.41, 5.74) is 4.58. The van der Waals surface area contributed by atoms with Crippen LogP contribution in [0.25, 0.3) is 11.1 Å². The van der Waals surface area contributed by atoms with Crippen LogP contribution in [0.5, 0.6) is 0 Å². The first kappa shape index (κ1) is 19.1. The number of carboxylic acid groups (broad SMARTS) is 1. The fraction of sp³-hybridized carbons (Fsp3) is 0.417. The smallest absolute Gasteiger partial charge is 0.409 e. The topological polar surface area (TPSA) is 78.9 Å². The Kier molecular flexibility index (Phi) is 4.74. The van der Waals surface area contributed by atoms with Crippen LogP contribution in [0, 0.1) is 11.3 Å². The molecule has 2 heterocycles. The summed E-state index contributed by atoms with van der Waals surface area (Å²) in [6.07, 6.45) is 1.09. The molecule has 2 saturated heterocycles. The van der Waals surface area contributed by atoms with E-state index in [1.54, 1.807) is 4.90 Å². The van der Waals surface area contributed by atoms with Gasteiger partial charge in [-0.1, -0.05) is 48.5 Å². The number of ether oxygens (including phenoxy) is 1. The summed E-state index contributed by atoms with van der Waals surface area (Å²) in [4.78, 5) is 26.1. The molecule has 1 atom stereocenters. The van der Waals surface area contributed by atoms with Crippen molar-refractivity contribution in [1.29, 1.82) is 0 Å². The first-order valence-electron chi connectivity index (χ1n) is 10.6. The van der Waals surface area contributed by atoms with Crippen LogP contribution >= 0.6 is 0 Å². The third-order valence-corrected chi connectivity index (χ3v) is 7.22. The molecule has 1 aliphatic carbocycles. The first-order chi connectivity index (χ1) is 14.6. The summed E-state index contributed by atoms with van der Waals surface area (Å²) in [6.45, 7) is 2.63. The molecule has 0 radical (unpaired) electrons. The Bertz CT molecular complexity index is 935. The molecule has 2 fully saturated rings. The lowest BCUT2D eigenvalue weighted by molar-refractivity contribution is -0.145. The van der Waals surface area contributed by atoms with Gasteiger partial charge in [0.05, 0.1) is 5.92 Å². The van der Waals surface area contributed by atoms with E-state index in [4.69, 9.17) is 4.74 Å². The number of fused-ring (bicyclic) bond motifs is 3. The number of carbonyl (C=O) groups excluding carboxylic acids is 1. The SMILES string of the molecule is O=C(O)C1CNCC12CCN(C(=O)OCC1c3ccccc3-c3ccccc31)CC2. The normalized spacial score (nSPS) is 22.0. The number of aliphatic carboxylic acids is 1. The second-order valence-corrected chi connectivity index (χ2v) is 8.68. The standard InChI is InChI=1S/C24H26N2O4/c27-22(28)21-13-25-15-24(21)9-11-26(12-10-24)23(29)30-14-20-18-7-3-1-5-16(18)17-6-2-4-8-19(17)20/h1-8,20-21,25H,9-15H2,(H,27,28). The van der Waals surface area contributed by atoms with Gasteiger partial charge in [0.15, 0.2) is 0 Å². The Morgan fingerprint density at radius 1 is 1.03 bits per heavy atom. The zero-order chi connectivity index (χ0) is 20.7. The van der Waals surface area contributed by atoms with Crippen molar-refractivity contribution in [3.8, 4) is 11.1 Å². The Morgan fingerprint density at radius 3 is 2.23 bits per heavy atom. The zero-order valence-electron chi connectivity index (χ0n) is 16.8. The highest BCUT2D eigenvalue weighted by Gasteiger charge is 2.49. The van der Waals surface area contributed by atoms with Crippen molar-refractivity contribution >= 4 is 12.1 Å². The predicted molar refractivity (Wildman–Crippen MR) is 112 cm³/mol. The molecule has 1 amide bonds. The molecule has 30 heavy (non-hydrogen) atoms. The number of carbonyl (C=O) groups is 2. The predicted octanol–water partition coefficient (Wildman–Crippen LogP) is 3.32. The second-order valence-electron chi connectivity index (χ2n) is 8.68. The Balaban J connectivity index is 1.24. The minimum absolute atomic E-state index is 0.0490. The van der Waals surface area contributed by atoms with E-state index in [0.717, 1.165) is 0 Å². The lowest BCUT2D eigenvalue weighted by atomic mass is 9.71. The number of likely N-dealkylation sites (tertiary alicyclic amines) is 1. The number of benzene rings is 2. The van der Waals surface area contributed by atoms with Crippen molar-refractivity contribution in [3.05, 3.63) is 59.7 Å². The number of rotatable bonds is 3. The molecule has 2 aromatic rings. The molecule has 6 nitrogen and oxygen atoms in total. The molecule has 3 aliphatic rings. The number of carboxylic acids is 1. The van der Waals surface area contributed by atoms with Gasteiger partial charge in [-0.2, -0.15) is 0 Å². The van der Waals surface area contributed by atoms with Gasteiger partial charge in [0, 0.05) is 37.5 Å². The van der Waals surface area contributed by atoms with Gasteiger partial charge in [0.1, 0.15) is 6.61 Å². The van der Waals surface area contributed by atoms with Crippen molar-refractivity contribution in [1.82, 2.24) is 10.2 Å². The van der Waals surface area contributed by atoms with Crippen molar-refractivity contribution in [3.63, 3.8) is 0 Å². The van der Waals surface area contributed by atoms with Crippen LogP contribution in [0.4, 0.5) is 4.79 Å². The molecular weight excluding hydrogens is 380 g/mol. The largest absolute Gasteiger partial charge is 0.481 e. The van der Waals surface area contributed by atoms with Crippen molar-refractivity contribution < 1.29 is 19.4 Å². The monoisotopic (exact) mass is 406 g/mol. The van der Waals surface area contributed by atoms with Crippen LogP contribution in [0.3, 0.4) is 0 Å².